The average Bonchev–Trinajstić information content (AvgIpc) is 2.74. The van der Waals surface area contributed by atoms with Crippen LogP contribution < -0.4 is 5.56 Å². The maximum atomic E-state index is 13.2. The second-order valence-electron chi connectivity index (χ2n) is 6.53. The van der Waals surface area contributed by atoms with Gasteiger partial charge in [-0.15, -0.1) is 0 Å². The van der Waals surface area contributed by atoms with Gasteiger partial charge in [-0.1, -0.05) is 48.0 Å². The van der Waals surface area contributed by atoms with E-state index in [4.69, 9.17) is 10.2 Å². The van der Waals surface area contributed by atoms with Crippen molar-refractivity contribution in [3.05, 3.63) is 106 Å². The summed E-state index contributed by atoms with van der Waals surface area (Å²) in [7, 11) is 0. The van der Waals surface area contributed by atoms with Crippen LogP contribution in [0.4, 0.5) is 0 Å². The lowest BCUT2D eigenvalue weighted by atomic mass is 10.1. The van der Waals surface area contributed by atoms with Crippen LogP contribution >= 0.6 is 0 Å². The normalized spacial score (nSPS) is 11.0. The van der Waals surface area contributed by atoms with Crippen molar-refractivity contribution in [3.63, 3.8) is 0 Å². The molecule has 4 nitrogen and oxygen atoms in total. The topological polar surface area (TPSA) is 58.7 Å². The third kappa shape index (κ3) is 3.34. The lowest BCUT2D eigenvalue weighted by Crippen LogP contribution is -2.22. The number of para-hydroxylation sites is 1. The number of rotatable bonds is 3. The minimum absolute atomic E-state index is 0.103. The number of fused-ring (bicyclic) bond motifs is 1. The van der Waals surface area contributed by atoms with Crippen LogP contribution in [0.2, 0.25) is 0 Å². The third-order valence-electron chi connectivity index (χ3n) is 4.56. The van der Waals surface area contributed by atoms with Crippen LogP contribution in [0.1, 0.15) is 22.5 Å². The maximum Gasteiger partial charge on any atom is 0.266 e. The summed E-state index contributed by atoms with van der Waals surface area (Å²) in [5.41, 5.74) is 3.99. The van der Waals surface area contributed by atoms with Crippen LogP contribution in [0.3, 0.4) is 0 Å². The van der Waals surface area contributed by atoms with Crippen molar-refractivity contribution in [1.82, 2.24) is 9.55 Å². The molecule has 0 unspecified atom stereocenters. The Bertz CT molecular complexity index is 1270. The molecule has 4 aromatic rings. The summed E-state index contributed by atoms with van der Waals surface area (Å²) in [6.07, 6.45) is 3.72. The summed E-state index contributed by atoms with van der Waals surface area (Å²) in [5, 5.41) is 9.52. The van der Waals surface area contributed by atoms with Crippen LogP contribution in [0.25, 0.3) is 28.7 Å². The smallest absolute Gasteiger partial charge is 0.266 e. The van der Waals surface area contributed by atoms with Crippen LogP contribution in [-0.2, 0) is 0 Å². The molecule has 28 heavy (non-hydrogen) atoms. The lowest BCUT2D eigenvalue weighted by Gasteiger charge is -2.11. The third-order valence-corrected chi connectivity index (χ3v) is 4.56. The van der Waals surface area contributed by atoms with Crippen molar-refractivity contribution >= 4 is 23.1 Å². The molecular formula is C24H17N3O. The van der Waals surface area contributed by atoms with E-state index in [9.17, 15) is 4.79 Å². The van der Waals surface area contributed by atoms with Gasteiger partial charge in [0.1, 0.15) is 5.82 Å². The van der Waals surface area contributed by atoms with E-state index in [2.05, 4.69) is 6.07 Å². The van der Waals surface area contributed by atoms with Crippen LogP contribution in [-0.4, -0.2) is 9.55 Å². The van der Waals surface area contributed by atoms with E-state index in [0.29, 0.717) is 22.3 Å². The fourth-order valence-electron chi connectivity index (χ4n) is 3.04. The van der Waals surface area contributed by atoms with Gasteiger partial charge >= 0.3 is 0 Å². The Labute approximate surface area is 162 Å². The molecule has 0 saturated carbocycles. The predicted octanol–water partition coefficient (Wildman–Crippen LogP) is 4.74. The highest BCUT2D eigenvalue weighted by molar-refractivity contribution is 5.80. The summed E-state index contributed by atoms with van der Waals surface area (Å²) in [6.45, 7) is 2.01. The van der Waals surface area contributed by atoms with Gasteiger partial charge < -0.3 is 0 Å². The van der Waals surface area contributed by atoms with E-state index in [-0.39, 0.29) is 5.56 Å². The van der Waals surface area contributed by atoms with E-state index in [1.165, 1.54) is 0 Å². The van der Waals surface area contributed by atoms with Crippen molar-refractivity contribution in [2.75, 3.05) is 0 Å². The number of nitrogens with zero attached hydrogens (tertiary/aromatic N) is 3. The molecule has 0 aliphatic carbocycles. The highest BCUT2D eigenvalue weighted by Crippen LogP contribution is 2.16. The number of hydrogen-bond donors (Lipinski definition) is 0. The van der Waals surface area contributed by atoms with Gasteiger partial charge in [-0.3, -0.25) is 9.36 Å². The minimum atomic E-state index is -0.103. The molecule has 0 fully saturated rings. The number of benzene rings is 3. The first-order valence-corrected chi connectivity index (χ1v) is 8.93. The van der Waals surface area contributed by atoms with Crippen LogP contribution in [0, 0.1) is 18.3 Å². The molecule has 0 aliphatic heterocycles. The van der Waals surface area contributed by atoms with Crippen LogP contribution in [0.5, 0.6) is 0 Å². The fourth-order valence-corrected chi connectivity index (χ4v) is 3.04. The molecule has 0 N–H and O–H groups in total. The van der Waals surface area contributed by atoms with Crippen molar-refractivity contribution in [1.29, 1.82) is 5.26 Å². The van der Waals surface area contributed by atoms with E-state index in [1.807, 2.05) is 73.7 Å². The number of nitriles is 1. The molecule has 0 saturated heterocycles. The van der Waals surface area contributed by atoms with Gasteiger partial charge in [-0.25, -0.2) is 4.98 Å². The molecule has 0 radical (unpaired) electrons. The molecule has 3 aromatic carbocycles. The van der Waals surface area contributed by atoms with Crippen molar-refractivity contribution in [2.45, 2.75) is 6.92 Å². The fraction of sp³-hybridized carbons (Fsp3) is 0.0417. The van der Waals surface area contributed by atoms with Gasteiger partial charge in [0.15, 0.2) is 0 Å². The second-order valence-corrected chi connectivity index (χ2v) is 6.53. The predicted molar refractivity (Wildman–Crippen MR) is 112 cm³/mol. The van der Waals surface area contributed by atoms with E-state index in [0.717, 1.165) is 16.8 Å². The molecule has 0 aliphatic rings. The first-order chi connectivity index (χ1) is 13.7. The lowest BCUT2D eigenvalue weighted by molar-refractivity contribution is 0.943. The Morgan fingerprint density at radius 1 is 0.929 bits per heavy atom. The van der Waals surface area contributed by atoms with Crippen molar-refractivity contribution < 1.29 is 0 Å². The van der Waals surface area contributed by atoms with Gasteiger partial charge in [0.05, 0.1) is 28.2 Å². The molecule has 0 amide bonds. The SMILES string of the molecule is Cc1ccc(-n2c(/C=C/c3ccc(C#N)cc3)nc3ccccc3c2=O)cc1. The molecule has 134 valence electrons. The van der Waals surface area contributed by atoms with Gasteiger partial charge in [0, 0.05) is 0 Å². The van der Waals surface area contributed by atoms with Gasteiger partial charge in [0.2, 0.25) is 0 Å². The Balaban J connectivity index is 1.89. The molecule has 1 heterocycles. The molecule has 1 aromatic heterocycles. The highest BCUT2D eigenvalue weighted by Gasteiger charge is 2.10. The van der Waals surface area contributed by atoms with Gasteiger partial charge in [-0.2, -0.15) is 5.26 Å². The molecule has 0 atom stereocenters. The quantitative estimate of drug-likeness (QED) is 0.528. The van der Waals surface area contributed by atoms with E-state index in [1.54, 1.807) is 22.8 Å². The minimum Gasteiger partial charge on any atom is -0.268 e. The number of aryl methyl sites for hydroxylation is 1. The average molecular weight is 363 g/mol. The molecular weight excluding hydrogens is 346 g/mol. The number of aromatic nitrogens is 2. The Kier molecular flexibility index (Phi) is 4.57. The molecule has 4 rings (SSSR count). The van der Waals surface area contributed by atoms with Gasteiger partial charge in [0.25, 0.3) is 5.56 Å². The molecule has 0 bridgehead atoms. The largest absolute Gasteiger partial charge is 0.268 e. The summed E-state index contributed by atoms with van der Waals surface area (Å²) >= 11 is 0. The standard InChI is InChI=1S/C24H17N3O/c1-17-6-13-20(14-7-17)27-23(15-12-18-8-10-19(16-25)11-9-18)26-22-5-3-2-4-21(22)24(27)28/h2-15H,1H3/b15-12+. The molecule has 0 spiro atoms. The summed E-state index contributed by atoms with van der Waals surface area (Å²) in [5.74, 6) is 0.553. The van der Waals surface area contributed by atoms with E-state index >= 15 is 0 Å². The highest BCUT2D eigenvalue weighted by atomic mass is 16.1. The summed E-state index contributed by atoms with van der Waals surface area (Å²) < 4.78 is 1.63. The Morgan fingerprint density at radius 3 is 2.36 bits per heavy atom. The number of hydrogen-bond acceptors (Lipinski definition) is 3. The monoisotopic (exact) mass is 363 g/mol. The van der Waals surface area contributed by atoms with Gasteiger partial charge in [-0.05, 0) is 55.0 Å². The Hall–Kier alpha value is -3.97. The second kappa shape index (κ2) is 7.34. The zero-order chi connectivity index (χ0) is 19.5. The molecule has 4 heteroatoms. The zero-order valence-electron chi connectivity index (χ0n) is 15.3. The van der Waals surface area contributed by atoms with E-state index < -0.39 is 0 Å². The first-order valence-electron chi connectivity index (χ1n) is 8.93. The first kappa shape index (κ1) is 17.4. The van der Waals surface area contributed by atoms with Crippen LogP contribution in [0.15, 0.2) is 77.6 Å². The maximum absolute atomic E-state index is 13.2. The Morgan fingerprint density at radius 2 is 1.64 bits per heavy atom. The van der Waals surface area contributed by atoms with Crippen molar-refractivity contribution in [3.8, 4) is 11.8 Å². The summed E-state index contributed by atoms with van der Waals surface area (Å²) in [6, 6.07) is 24.5. The van der Waals surface area contributed by atoms with Crippen molar-refractivity contribution in [2.24, 2.45) is 0 Å². The zero-order valence-corrected chi connectivity index (χ0v) is 15.3. The summed E-state index contributed by atoms with van der Waals surface area (Å²) in [4.78, 5) is 17.9.